The minimum absolute atomic E-state index is 0.0743. The second-order valence-electron chi connectivity index (χ2n) is 6.12. The van der Waals surface area contributed by atoms with Crippen LogP contribution >= 0.6 is 0 Å². The quantitative estimate of drug-likeness (QED) is 0.370. The summed E-state index contributed by atoms with van der Waals surface area (Å²) in [6.07, 6.45) is 1.80. The van der Waals surface area contributed by atoms with Gasteiger partial charge in [0.1, 0.15) is 5.56 Å². The van der Waals surface area contributed by atoms with Gasteiger partial charge in [0.15, 0.2) is 0 Å². The van der Waals surface area contributed by atoms with E-state index in [2.05, 4.69) is 15.0 Å². The van der Waals surface area contributed by atoms with E-state index in [1.807, 2.05) is 13.8 Å². The summed E-state index contributed by atoms with van der Waals surface area (Å²) in [5.41, 5.74) is 7.43. The lowest BCUT2D eigenvalue weighted by Crippen LogP contribution is -2.46. The number of azide groups is 1. The first-order valence-electron chi connectivity index (χ1n) is 8.01. The predicted octanol–water partition coefficient (Wildman–Crippen LogP) is 0.701. The molecule has 10 heteroatoms. The molecule has 4 atom stereocenters. The highest BCUT2D eigenvalue weighted by Crippen LogP contribution is 2.28. The number of hydrogen-bond acceptors (Lipinski definition) is 6. The van der Waals surface area contributed by atoms with Gasteiger partial charge < -0.3 is 9.84 Å². The highest BCUT2D eigenvalue weighted by molar-refractivity contribution is 5.82. The lowest BCUT2D eigenvalue weighted by molar-refractivity contribution is -0.0336. The fourth-order valence-corrected chi connectivity index (χ4v) is 2.96. The smallest absolute Gasteiger partial charge is 0.333 e. The summed E-state index contributed by atoms with van der Waals surface area (Å²) in [6, 6.07) is -0.693. The van der Waals surface area contributed by atoms with Crippen LogP contribution in [-0.4, -0.2) is 45.2 Å². The van der Waals surface area contributed by atoms with Crippen molar-refractivity contribution in [2.45, 2.75) is 38.5 Å². The number of aromatic hydroxyl groups is 1. The minimum Gasteiger partial charge on any atom is -0.494 e. The lowest BCUT2D eigenvalue weighted by atomic mass is 9.87. The van der Waals surface area contributed by atoms with Gasteiger partial charge in [-0.1, -0.05) is 19.0 Å². The Balaban J connectivity index is 2.36. The van der Waals surface area contributed by atoms with Gasteiger partial charge in [-0.3, -0.25) is 18.9 Å². The molecule has 1 fully saturated rings. The van der Waals surface area contributed by atoms with Crippen molar-refractivity contribution in [2.24, 2.45) is 30.1 Å². The summed E-state index contributed by atoms with van der Waals surface area (Å²) in [4.78, 5) is 31.2. The topological polar surface area (TPSA) is 135 Å². The van der Waals surface area contributed by atoms with Crippen LogP contribution in [0.4, 0.5) is 0 Å². The van der Waals surface area contributed by atoms with Gasteiger partial charge in [-0.2, -0.15) is 0 Å². The Kier molecular flexibility index (Phi) is 5.66. The summed E-state index contributed by atoms with van der Waals surface area (Å²) in [6.45, 7) is 4.18. The van der Waals surface area contributed by atoms with Crippen LogP contribution in [0.25, 0.3) is 10.4 Å². The van der Waals surface area contributed by atoms with E-state index in [1.54, 1.807) is 0 Å². The van der Waals surface area contributed by atoms with Crippen LogP contribution in [0.2, 0.25) is 0 Å². The maximum atomic E-state index is 12.2. The number of hydrogen-bond donors (Lipinski definition) is 1. The van der Waals surface area contributed by atoms with Crippen molar-refractivity contribution in [3.63, 3.8) is 0 Å². The molecule has 1 aliphatic rings. The second-order valence-corrected chi connectivity index (χ2v) is 6.12. The molecule has 0 saturated carbocycles. The Morgan fingerprint density at radius 1 is 1.40 bits per heavy atom. The van der Waals surface area contributed by atoms with Crippen LogP contribution in [0.1, 0.15) is 25.8 Å². The van der Waals surface area contributed by atoms with Crippen molar-refractivity contribution >= 4 is 6.21 Å². The van der Waals surface area contributed by atoms with Crippen molar-refractivity contribution in [2.75, 3.05) is 6.61 Å². The van der Waals surface area contributed by atoms with Crippen molar-refractivity contribution in [1.29, 1.82) is 0 Å². The molecule has 0 bridgehead atoms. The molecule has 0 amide bonds. The first-order chi connectivity index (χ1) is 11.8. The van der Waals surface area contributed by atoms with E-state index in [4.69, 9.17) is 10.3 Å². The normalized spacial score (nSPS) is 26.6. The van der Waals surface area contributed by atoms with E-state index < -0.39 is 17.1 Å². The van der Waals surface area contributed by atoms with E-state index in [0.29, 0.717) is 13.0 Å². The van der Waals surface area contributed by atoms with Crippen LogP contribution in [0.15, 0.2) is 19.7 Å². The van der Waals surface area contributed by atoms with Gasteiger partial charge in [-0.05, 0) is 17.9 Å². The van der Waals surface area contributed by atoms with Gasteiger partial charge in [-0.15, -0.1) is 0 Å². The molecule has 2 heterocycles. The Hall–Kier alpha value is -2.58. The van der Waals surface area contributed by atoms with Gasteiger partial charge in [0.25, 0.3) is 5.56 Å². The zero-order chi connectivity index (χ0) is 18.7. The molecule has 136 valence electrons. The molecular weight excluding hydrogens is 328 g/mol. The molecule has 0 spiro atoms. The van der Waals surface area contributed by atoms with Crippen molar-refractivity contribution < 1.29 is 9.84 Å². The maximum absolute atomic E-state index is 12.2. The first-order valence-corrected chi connectivity index (χ1v) is 8.01. The van der Waals surface area contributed by atoms with E-state index in [9.17, 15) is 14.7 Å². The first kappa shape index (κ1) is 18.8. The maximum Gasteiger partial charge on any atom is 0.333 e. The molecule has 2 unspecified atom stereocenters. The summed E-state index contributed by atoms with van der Waals surface area (Å²) in [7, 11) is 2.70. The lowest BCUT2D eigenvalue weighted by Gasteiger charge is -2.37. The Morgan fingerprint density at radius 2 is 2.08 bits per heavy atom. The molecule has 2 rings (SSSR count). The van der Waals surface area contributed by atoms with Crippen LogP contribution < -0.4 is 11.2 Å². The fourth-order valence-electron chi connectivity index (χ4n) is 2.96. The second kappa shape index (κ2) is 7.54. The molecule has 0 aromatic carbocycles. The molecule has 1 aromatic heterocycles. The highest BCUT2D eigenvalue weighted by atomic mass is 16.5. The highest BCUT2D eigenvalue weighted by Gasteiger charge is 2.36. The summed E-state index contributed by atoms with van der Waals surface area (Å²) in [5, 5.41) is 13.9. The number of ether oxygens (including phenoxy) is 1. The third kappa shape index (κ3) is 3.45. The molecule has 25 heavy (non-hydrogen) atoms. The fraction of sp³-hybridized carbons (Fsp3) is 0.667. The molecule has 1 saturated heterocycles. The Morgan fingerprint density at radius 3 is 2.68 bits per heavy atom. The van der Waals surface area contributed by atoms with E-state index in [1.165, 1.54) is 20.3 Å². The van der Waals surface area contributed by atoms with Gasteiger partial charge >= 0.3 is 5.69 Å². The third-order valence-electron chi connectivity index (χ3n) is 4.66. The van der Waals surface area contributed by atoms with Crippen LogP contribution in [0.5, 0.6) is 5.88 Å². The van der Waals surface area contributed by atoms with E-state index in [0.717, 1.165) is 9.13 Å². The summed E-state index contributed by atoms with van der Waals surface area (Å²) >= 11 is 0. The number of rotatable bonds is 4. The zero-order valence-corrected chi connectivity index (χ0v) is 14.7. The van der Waals surface area contributed by atoms with E-state index >= 15 is 0 Å². The average Bonchev–Trinajstić information content (AvgIpc) is 2.61. The van der Waals surface area contributed by atoms with E-state index in [-0.39, 0.29) is 29.7 Å². The van der Waals surface area contributed by atoms with Gasteiger partial charge in [0.05, 0.1) is 24.8 Å². The van der Waals surface area contributed by atoms with Crippen molar-refractivity contribution in [1.82, 2.24) is 9.13 Å². The standard InChI is InChI=1S/C15H22N6O4/c1-5-11-12(18-19-16)8(2)10(7-25-11)17-6-9-13(22)20(3)15(24)21(4)14(9)23/h6,8,10-12,22H,5,7H2,1-4H3/t8-,10?,11?,12-/m1/s1. The molecule has 0 aliphatic carbocycles. The SMILES string of the molecule is CCC1OCC(N=Cc2c(O)n(C)c(=O)n(C)c2=O)[C@@H](C)[C@H]1N=[N+]=[N-]. The van der Waals surface area contributed by atoms with Gasteiger partial charge in [-0.25, -0.2) is 4.79 Å². The minimum atomic E-state index is -0.633. The summed E-state index contributed by atoms with van der Waals surface area (Å²) < 4.78 is 7.58. The van der Waals surface area contributed by atoms with Gasteiger partial charge in [0.2, 0.25) is 5.88 Å². The largest absolute Gasteiger partial charge is 0.494 e. The van der Waals surface area contributed by atoms with Crippen LogP contribution in [-0.2, 0) is 18.8 Å². The monoisotopic (exact) mass is 350 g/mol. The zero-order valence-electron chi connectivity index (χ0n) is 14.7. The average molecular weight is 350 g/mol. The molecule has 0 radical (unpaired) electrons. The van der Waals surface area contributed by atoms with Crippen LogP contribution in [0.3, 0.4) is 0 Å². The molecule has 10 nitrogen and oxygen atoms in total. The third-order valence-corrected chi connectivity index (χ3v) is 4.66. The molecule has 1 N–H and O–H groups in total. The predicted molar refractivity (Wildman–Crippen MR) is 92.1 cm³/mol. The van der Waals surface area contributed by atoms with Crippen molar-refractivity contribution in [3.8, 4) is 5.88 Å². The molecule has 1 aliphatic heterocycles. The summed E-state index contributed by atoms with van der Waals surface area (Å²) in [5.74, 6) is -0.538. The Bertz CT molecular complexity index is 836. The molecule has 1 aromatic rings. The number of aliphatic imine (C=N–C) groups is 1. The number of aromatic nitrogens is 2. The van der Waals surface area contributed by atoms with Crippen LogP contribution in [0, 0.1) is 5.92 Å². The molecular formula is C15H22N6O4. The number of nitrogens with zero attached hydrogens (tertiary/aromatic N) is 6. The Labute approximate surface area is 144 Å². The van der Waals surface area contributed by atoms with Crippen molar-refractivity contribution in [3.05, 3.63) is 36.8 Å². The van der Waals surface area contributed by atoms with Gasteiger partial charge in [0, 0.05) is 25.2 Å².